The van der Waals surface area contributed by atoms with Gasteiger partial charge in [-0.25, -0.2) is 4.57 Å². The number of halogens is 3. The number of hydrogen-bond donors (Lipinski definition) is 0. The molecule has 3 aromatic rings. The molecule has 1 aromatic carbocycles. The Morgan fingerprint density at radius 3 is 2.53 bits per heavy atom. The number of nitro groups is 1. The lowest BCUT2D eigenvalue weighted by Gasteiger charge is -2.14. The Morgan fingerprint density at radius 1 is 1.17 bits per heavy atom. The Balaban J connectivity index is 1.40. The monoisotopic (exact) mass is 418 g/mol. The molecular weight excluding hydrogens is 405 g/mol. The van der Waals surface area contributed by atoms with Gasteiger partial charge in [0.05, 0.1) is 6.20 Å². The normalized spacial score (nSPS) is 13.2. The van der Waals surface area contributed by atoms with E-state index < -0.39 is 16.8 Å². The van der Waals surface area contributed by atoms with Crippen molar-refractivity contribution in [2.24, 2.45) is 0 Å². The fourth-order valence-corrected chi connectivity index (χ4v) is 2.76. The maximum atomic E-state index is 12.6. The summed E-state index contributed by atoms with van der Waals surface area (Å²) in [6, 6.07) is 9.50. The van der Waals surface area contributed by atoms with Gasteiger partial charge in [0, 0.05) is 16.7 Å². The van der Waals surface area contributed by atoms with E-state index in [1.54, 1.807) is 30.5 Å². The van der Waals surface area contributed by atoms with Crippen molar-refractivity contribution >= 4 is 12.0 Å². The highest BCUT2D eigenvalue weighted by molar-refractivity contribution is 5.62. The van der Waals surface area contributed by atoms with Crippen molar-refractivity contribution < 1.29 is 27.6 Å². The number of hydrogen-bond acceptors (Lipinski definition) is 6. The number of nitrogens with zero attached hydrogens (tertiary/aromatic N) is 4. The molecule has 0 saturated carbocycles. The van der Waals surface area contributed by atoms with Crippen LogP contribution in [0.3, 0.4) is 0 Å². The number of pyridine rings is 1. The molecule has 0 saturated heterocycles. The van der Waals surface area contributed by atoms with Crippen molar-refractivity contribution in [3.8, 4) is 17.1 Å². The summed E-state index contributed by atoms with van der Waals surface area (Å²) >= 11 is 0. The summed E-state index contributed by atoms with van der Waals surface area (Å²) < 4.78 is 50.2. The third-order valence-corrected chi connectivity index (χ3v) is 4.26. The number of rotatable bonds is 5. The Labute approximate surface area is 167 Å². The average molecular weight is 418 g/mol. The van der Waals surface area contributed by atoms with Crippen LogP contribution < -0.4 is 4.74 Å². The molecule has 0 bridgehead atoms. The van der Waals surface area contributed by atoms with E-state index in [0.29, 0.717) is 11.3 Å². The molecule has 11 heteroatoms. The summed E-state index contributed by atoms with van der Waals surface area (Å²) in [5, 5.41) is 10.8. The summed E-state index contributed by atoms with van der Waals surface area (Å²) in [6.45, 7) is 0.302. The Morgan fingerprint density at radius 2 is 1.90 bits per heavy atom. The first kappa shape index (κ1) is 19.4. The Kier molecular flexibility index (Phi) is 4.86. The number of imidazole rings is 1. The van der Waals surface area contributed by atoms with Gasteiger partial charge in [-0.1, -0.05) is 30.3 Å². The minimum Gasteiger partial charge on any atom is -0.488 e. The molecule has 1 aliphatic rings. The molecule has 1 aliphatic heterocycles. The second kappa shape index (κ2) is 7.50. The van der Waals surface area contributed by atoms with E-state index in [1.807, 2.05) is 0 Å². The molecule has 3 heterocycles. The zero-order chi connectivity index (χ0) is 21.3. The van der Waals surface area contributed by atoms with Gasteiger partial charge in [0.15, 0.2) is 12.4 Å². The van der Waals surface area contributed by atoms with Crippen molar-refractivity contribution in [3.63, 3.8) is 0 Å². The van der Waals surface area contributed by atoms with Crippen molar-refractivity contribution in [2.75, 3.05) is 6.61 Å². The van der Waals surface area contributed by atoms with Crippen molar-refractivity contribution in [2.45, 2.75) is 12.8 Å². The lowest BCUT2D eigenvalue weighted by atomic mass is 10.1. The maximum Gasteiger partial charge on any atom is 0.433 e. The van der Waals surface area contributed by atoms with Crippen molar-refractivity contribution in [3.05, 3.63) is 75.9 Å². The molecule has 0 amide bonds. The molecule has 0 unspecified atom stereocenters. The minimum atomic E-state index is -4.47. The molecule has 0 spiro atoms. The summed E-state index contributed by atoms with van der Waals surface area (Å²) in [5.41, 5.74) is 1.16. The Bertz CT molecular complexity index is 1110. The van der Waals surface area contributed by atoms with Gasteiger partial charge in [0.2, 0.25) is 0 Å². The van der Waals surface area contributed by atoms with Gasteiger partial charge in [-0.2, -0.15) is 13.2 Å². The van der Waals surface area contributed by atoms with E-state index in [4.69, 9.17) is 9.47 Å². The van der Waals surface area contributed by atoms with Crippen LogP contribution >= 0.6 is 0 Å². The summed E-state index contributed by atoms with van der Waals surface area (Å²) in [4.78, 5) is 17.3. The number of aromatic nitrogens is 3. The summed E-state index contributed by atoms with van der Waals surface area (Å²) in [5.74, 6) is 0.140. The third kappa shape index (κ3) is 4.09. The fraction of sp³-hybridized carbons (Fsp3) is 0.158. The SMILES string of the molecule is O=[N+]([O-])c1cn2c(n1)OCC(OCc1ccc(-c3ccc(C(F)(F)F)nc3)cc1)=C2. The first-order valence-electron chi connectivity index (χ1n) is 8.62. The number of fused-ring (bicyclic) bond motifs is 1. The maximum absolute atomic E-state index is 12.6. The van der Waals surface area contributed by atoms with Crippen LogP contribution in [0.2, 0.25) is 0 Å². The number of benzene rings is 1. The van der Waals surface area contributed by atoms with Crippen LogP contribution in [-0.2, 0) is 17.5 Å². The highest BCUT2D eigenvalue weighted by atomic mass is 19.4. The van der Waals surface area contributed by atoms with Crippen LogP contribution in [0.4, 0.5) is 19.0 Å². The molecule has 154 valence electrons. The molecule has 0 atom stereocenters. The van der Waals surface area contributed by atoms with E-state index >= 15 is 0 Å². The van der Waals surface area contributed by atoms with Crippen LogP contribution in [0.25, 0.3) is 17.3 Å². The van der Waals surface area contributed by atoms with Crippen LogP contribution in [0.5, 0.6) is 6.01 Å². The first-order valence-corrected chi connectivity index (χ1v) is 8.62. The molecule has 0 N–H and O–H groups in total. The van der Waals surface area contributed by atoms with E-state index in [-0.39, 0.29) is 25.0 Å². The lowest BCUT2D eigenvalue weighted by molar-refractivity contribution is -0.389. The van der Waals surface area contributed by atoms with Gasteiger partial charge < -0.3 is 19.6 Å². The van der Waals surface area contributed by atoms with Crippen molar-refractivity contribution in [1.82, 2.24) is 14.5 Å². The van der Waals surface area contributed by atoms with Crippen LogP contribution in [0.15, 0.2) is 54.6 Å². The number of ether oxygens (including phenoxy) is 2. The fourth-order valence-electron chi connectivity index (χ4n) is 2.76. The quantitative estimate of drug-likeness (QED) is 0.454. The minimum absolute atomic E-state index is 0.0868. The summed E-state index contributed by atoms with van der Waals surface area (Å²) in [6.07, 6.45) is -0.508. The standard InChI is InChI=1S/C19H13F3N4O4/c20-19(21,22)16-6-5-14(7-23-16)13-3-1-12(2-4-13)10-29-15-8-25-9-17(26(27)28)24-18(25)30-11-15/h1-9H,10-11H2. The summed E-state index contributed by atoms with van der Waals surface area (Å²) in [7, 11) is 0. The van der Waals surface area contributed by atoms with Gasteiger partial charge in [-0.3, -0.25) is 4.98 Å². The van der Waals surface area contributed by atoms with Crippen LogP contribution in [0, 0.1) is 10.1 Å². The molecule has 2 aromatic heterocycles. The van der Waals surface area contributed by atoms with Gasteiger partial charge in [-0.15, -0.1) is 0 Å². The highest BCUT2D eigenvalue weighted by Crippen LogP contribution is 2.29. The molecular formula is C19H13F3N4O4. The van der Waals surface area contributed by atoms with Crippen LogP contribution in [0.1, 0.15) is 11.3 Å². The zero-order valence-electron chi connectivity index (χ0n) is 15.2. The van der Waals surface area contributed by atoms with Gasteiger partial charge in [-0.05, 0) is 22.1 Å². The predicted octanol–water partition coefficient (Wildman–Crippen LogP) is 4.28. The van der Waals surface area contributed by atoms with E-state index in [9.17, 15) is 23.3 Å². The molecule has 0 aliphatic carbocycles. The average Bonchev–Trinajstić information content (AvgIpc) is 3.16. The molecule has 0 radical (unpaired) electrons. The zero-order valence-corrected chi connectivity index (χ0v) is 15.2. The molecule has 0 fully saturated rings. The largest absolute Gasteiger partial charge is 0.488 e. The van der Waals surface area contributed by atoms with Crippen LogP contribution in [-0.4, -0.2) is 26.1 Å². The molecule has 30 heavy (non-hydrogen) atoms. The topological polar surface area (TPSA) is 92.3 Å². The van der Waals surface area contributed by atoms with Gasteiger partial charge in [0.1, 0.15) is 18.5 Å². The van der Waals surface area contributed by atoms with E-state index in [0.717, 1.165) is 17.2 Å². The smallest absolute Gasteiger partial charge is 0.433 e. The van der Waals surface area contributed by atoms with E-state index in [2.05, 4.69) is 9.97 Å². The van der Waals surface area contributed by atoms with Gasteiger partial charge >= 0.3 is 18.0 Å². The second-order valence-corrected chi connectivity index (χ2v) is 6.35. The molecule has 8 nitrogen and oxygen atoms in total. The van der Waals surface area contributed by atoms with E-state index in [1.165, 1.54) is 23.0 Å². The number of alkyl halides is 3. The lowest BCUT2D eigenvalue weighted by Crippen LogP contribution is -2.13. The molecule has 4 rings (SSSR count). The first-order chi connectivity index (χ1) is 14.3. The Hall–Kier alpha value is -3.89. The highest BCUT2D eigenvalue weighted by Gasteiger charge is 2.32. The van der Waals surface area contributed by atoms with Crippen molar-refractivity contribution in [1.29, 1.82) is 0 Å². The third-order valence-electron chi connectivity index (χ3n) is 4.26. The second-order valence-electron chi connectivity index (χ2n) is 6.35. The van der Waals surface area contributed by atoms with Gasteiger partial charge in [0.25, 0.3) is 0 Å². The predicted molar refractivity (Wildman–Crippen MR) is 98.1 cm³/mol.